The molecule has 2 N–H and O–H groups in total. The molecule has 0 radical (unpaired) electrons. The fourth-order valence-corrected chi connectivity index (χ4v) is 3.31. The van der Waals surface area contributed by atoms with Crippen LogP contribution in [0.25, 0.3) is 0 Å². The van der Waals surface area contributed by atoms with E-state index in [2.05, 4.69) is 86.7 Å². The van der Waals surface area contributed by atoms with E-state index in [-0.39, 0.29) is 6.04 Å². The second-order valence-corrected chi connectivity index (χ2v) is 7.77. The molecule has 0 aliphatic carbocycles. The molecule has 2 aromatic rings. The zero-order valence-corrected chi connectivity index (χ0v) is 18.5. The summed E-state index contributed by atoms with van der Waals surface area (Å²) in [6.45, 7) is 10.9. The lowest BCUT2D eigenvalue weighted by Crippen LogP contribution is -2.43. The van der Waals surface area contributed by atoms with E-state index in [9.17, 15) is 0 Å². The molecule has 6 heteroatoms. The molecule has 0 aliphatic heterocycles. The van der Waals surface area contributed by atoms with Crippen molar-refractivity contribution >= 4 is 5.96 Å². The molecule has 1 unspecified atom stereocenters. The van der Waals surface area contributed by atoms with E-state index >= 15 is 0 Å². The molecule has 0 aliphatic rings. The minimum absolute atomic E-state index is 0.266. The van der Waals surface area contributed by atoms with E-state index in [4.69, 9.17) is 4.99 Å². The minimum Gasteiger partial charge on any atom is -0.357 e. The summed E-state index contributed by atoms with van der Waals surface area (Å²) in [7, 11) is 6.17. The fraction of sp³-hybridized carbons (Fsp3) is 0.545. The number of aryl methyl sites for hydroxylation is 2. The molecule has 154 valence electrons. The van der Waals surface area contributed by atoms with Crippen molar-refractivity contribution < 1.29 is 0 Å². The van der Waals surface area contributed by atoms with Gasteiger partial charge in [-0.05, 0) is 64.9 Å². The molecule has 0 fully saturated rings. The molecule has 28 heavy (non-hydrogen) atoms. The monoisotopic (exact) mass is 384 g/mol. The van der Waals surface area contributed by atoms with E-state index in [1.807, 2.05) is 11.7 Å². The third kappa shape index (κ3) is 6.37. The average Bonchev–Trinajstić information content (AvgIpc) is 2.87. The Balaban J connectivity index is 1.99. The maximum Gasteiger partial charge on any atom is 0.191 e. The van der Waals surface area contributed by atoms with Crippen LogP contribution in [0.4, 0.5) is 0 Å². The highest BCUT2D eigenvalue weighted by molar-refractivity contribution is 5.80. The summed E-state index contributed by atoms with van der Waals surface area (Å²) in [4.78, 5) is 6.94. The van der Waals surface area contributed by atoms with Crippen molar-refractivity contribution in [1.82, 2.24) is 25.3 Å². The van der Waals surface area contributed by atoms with Crippen LogP contribution in [-0.2, 0) is 26.6 Å². The first-order chi connectivity index (χ1) is 13.3. The molecule has 0 saturated carbocycles. The number of hydrogen-bond donors (Lipinski definition) is 2. The van der Waals surface area contributed by atoms with Crippen LogP contribution in [0.15, 0.2) is 29.3 Å². The maximum absolute atomic E-state index is 4.77. The first-order valence-electron chi connectivity index (χ1n) is 10.1. The van der Waals surface area contributed by atoms with Gasteiger partial charge in [0.15, 0.2) is 5.96 Å². The first-order valence-corrected chi connectivity index (χ1v) is 10.1. The highest BCUT2D eigenvalue weighted by atomic mass is 15.3. The van der Waals surface area contributed by atoms with Crippen molar-refractivity contribution in [2.24, 2.45) is 12.0 Å². The van der Waals surface area contributed by atoms with Crippen molar-refractivity contribution in [3.8, 4) is 0 Å². The van der Waals surface area contributed by atoms with Crippen LogP contribution in [0.2, 0.25) is 0 Å². The van der Waals surface area contributed by atoms with E-state index < -0.39 is 0 Å². The Bertz CT molecular complexity index is 773. The standard InChI is InChI=1S/C22H36N6/c1-8-23-22(24-14-19-9-11-20(12-10-19)15-27(5)6)25-16(2)13-21-17(3)26-28(7)18(21)4/h9-12,16H,8,13-15H2,1-7H3,(H2,23,24,25). The van der Waals surface area contributed by atoms with Gasteiger partial charge in [0.05, 0.1) is 12.2 Å². The molecule has 6 nitrogen and oxygen atoms in total. The van der Waals surface area contributed by atoms with Crippen molar-refractivity contribution in [3.63, 3.8) is 0 Å². The molecule has 0 bridgehead atoms. The number of guanidine groups is 1. The molecule has 0 saturated heterocycles. The highest BCUT2D eigenvalue weighted by Crippen LogP contribution is 2.14. The summed E-state index contributed by atoms with van der Waals surface area (Å²) in [6, 6.07) is 8.96. The summed E-state index contributed by atoms with van der Waals surface area (Å²) in [5, 5.41) is 11.4. The smallest absolute Gasteiger partial charge is 0.191 e. The zero-order chi connectivity index (χ0) is 20.7. The average molecular weight is 385 g/mol. The highest BCUT2D eigenvalue weighted by Gasteiger charge is 2.14. The van der Waals surface area contributed by atoms with Gasteiger partial charge in [0.25, 0.3) is 0 Å². The van der Waals surface area contributed by atoms with Crippen LogP contribution in [0.3, 0.4) is 0 Å². The lowest BCUT2D eigenvalue weighted by atomic mass is 10.1. The van der Waals surface area contributed by atoms with Gasteiger partial charge in [-0.2, -0.15) is 5.10 Å². The summed E-state index contributed by atoms with van der Waals surface area (Å²) < 4.78 is 1.96. The van der Waals surface area contributed by atoms with Crippen molar-refractivity contribution in [2.75, 3.05) is 20.6 Å². The van der Waals surface area contributed by atoms with Crippen molar-refractivity contribution in [3.05, 3.63) is 52.3 Å². The zero-order valence-electron chi connectivity index (χ0n) is 18.5. The van der Waals surface area contributed by atoms with Gasteiger partial charge in [0, 0.05) is 31.9 Å². The van der Waals surface area contributed by atoms with Crippen LogP contribution >= 0.6 is 0 Å². The molecule has 1 atom stereocenters. The number of aromatic nitrogens is 2. The van der Waals surface area contributed by atoms with E-state index in [1.165, 1.54) is 22.4 Å². The topological polar surface area (TPSA) is 57.5 Å². The summed E-state index contributed by atoms with van der Waals surface area (Å²) in [6.07, 6.45) is 0.926. The predicted molar refractivity (Wildman–Crippen MR) is 118 cm³/mol. The molecule has 2 rings (SSSR count). The van der Waals surface area contributed by atoms with Crippen LogP contribution in [0.5, 0.6) is 0 Å². The Kier molecular flexibility index (Phi) is 8.05. The van der Waals surface area contributed by atoms with Gasteiger partial charge in [0.2, 0.25) is 0 Å². The number of aliphatic imine (C=N–C) groups is 1. The van der Waals surface area contributed by atoms with Crippen LogP contribution in [0, 0.1) is 13.8 Å². The van der Waals surface area contributed by atoms with Gasteiger partial charge in [0.1, 0.15) is 0 Å². The van der Waals surface area contributed by atoms with Crippen LogP contribution in [0.1, 0.15) is 41.9 Å². The quantitative estimate of drug-likeness (QED) is 0.543. The number of benzene rings is 1. The van der Waals surface area contributed by atoms with Crippen molar-refractivity contribution in [2.45, 2.75) is 53.2 Å². The Morgan fingerprint density at radius 3 is 2.36 bits per heavy atom. The summed E-state index contributed by atoms with van der Waals surface area (Å²) in [5.41, 5.74) is 6.18. The van der Waals surface area contributed by atoms with Gasteiger partial charge >= 0.3 is 0 Å². The van der Waals surface area contributed by atoms with Crippen LogP contribution < -0.4 is 10.6 Å². The minimum atomic E-state index is 0.266. The van der Waals surface area contributed by atoms with Crippen LogP contribution in [-0.4, -0.2) is 47.3 Å². The van der Waals surface area contributed by atoms with E-state index in [1.54, 1.807) is 0 Å². The fourth-order valence-electron chi connectivity index (χ4n) is 3.31. The predicted octanol–water partition coefficient (Wildman–Crippen LogP) is 2.78. The van der Waals surface area contributed by atoms with Gasteiger partial charge in [-0.15, -0.1) is 0 Å². The second kappa shape index (κ2) is 10.3. The lowest BCUT2D eigenvalue weighted by molar-refractivity contribution is 0.402. The lowest BCUT2D eigenvalue weighted by Gasteiger charge is -2.18. The maximum atomic E-state index is 4.77. The Morgan fingerprint density at radius 2 is 1.82 bits per heavy atom. The molecule has 0 amide bonds. The Labute approximate surface area is 170 Å². The third-order valence-corrected chi connectivity index (χ3v) is 4.84. The molecule has 1 heterocycles. The summed E-state index contributed by atoms with van der Waals surface area (Å²) >= 11 is 0. The normalized spacial score (nSPS) is 13.1. The number of nitrogens with zero attached hydrogens (tertiary/aromatic N) is 4. The Morgan fingerprint density at radius 1 is 1.18 bits per heavy atom. The number of nitrogens with one attached hydrogen (secondary N) is 2. The van der Waals surface area contributed by atoms with Gasteiger partial charge < -0.3 is 15.5 Å². The molecule has 1 aromatic carbocycles. The van der Waals surface area contributed by atoms with E-state index in [0.717, 1.165) is 31.2 Å². The number of hydrogen-bond acceptors (Lipinski definition) is 3. The van der Waals surface area contributed by atoms with Crippen molar-refractivity contribution in [1.29, 1.82) is 0 Å². The molecule has 0 spiro atoms. The summed E-state index contributed by atoms with van der Waals surface area (Å²) in [5.74, 6) is 0.853. The number of rotatable bonds is 8. The van der Waals surface area contributed by atoms with Gasteiger partial charge in [-0.25, -0.2) is 4.99 Å². The van der Waals surface area contributed by atoms with Gasteiger partial charge in [-0.1, -0.05) is 24.3 Å². The molecule has 1 aromatic heterocycles. The Hall–Kier alpha value is -2.34. The van der Waals surface area contributed by atoms with Gasteiger partial charge in [-0.3, -0.25) is 4.68 Å². The second-order valence-electron chi connectivity index (χ2n) is 7.77. The SMILES string of the molecule is CCNC(=NCc1ccc(CN(C)C)cc1)NC(C)Cc1c(C)nn(C)c1C. The first kappa shape index (κ1) is 22.0. The molecular formula is C22H36N6. The van der Waals surface area contributed by atoms with E-state index in [0.29, 0.717) is 6.54 Å². The molecular weight excluding hydrogens is 348 g/mol. The largest absolute Gasteiger partial charge is 0.357 e. The third-order valence-electron chi connectivity index (χ3n) is 4.84.